The predicted molar refractivity (Wildman–Crippen MR) is 92.7 cm³/mol. The Morgan fingerprint density at radius 1 is 0.909 bits per heavy atom. The van der Waals surface area contributed by atoms with Gasteiger partial charge in [0.25, 0.3) is 0 Å². The molecule has 0 spiro atoms. The van der Waals surface area contributed by atoms with E-state index >= 15 is 0 Å². The van der Waals surface area contributed by atoms with E-state index in [1.165, 1.54) is 5.56 Å². The van der Waals surface area contributed by atoms with Crippen molar-refractivity contribution in [3.05, 3.63) is 29.5 Å². The van der Waals surface area contributed by atoms with Gasteiger partial charge in [-0.3, -0.25) is 0 Å². The zero-order chi connectivity index (χ0) is 16.5. The van der Waals surface area contributed by atoms with Crippen molar-refractivity contribution in [2.24, 2.45) is 0 Å². The Balaban J connectivity index is 2.61. The van der Waals surface area contributed by atoms with E-state index in [0.29, 0.717) is 12.5 Å². The van der Waals surface area contributed by atoms with Gasteiger partial charge in [-0.25, -0.2) is 9.97 Å². The van der Waals surface area contributed by atoms with Gasteiger partial charge in [-0.15, -0.1) is 0 Å². The maximum absolute atomic E-state index is 5.87. The SMILES string of the molecule is CCCOc1nc2cc(C(C)(C)C)ccc2nc1C(C)(C)C. The molecule has 0 atom stereocenters. The summed E-state index contributed by atoms with van der Waals surface area (Å²) >= 11 is 0. The van der Waals surface area contributed by atoms with Gasteiger partial charge in [-0.1, -0.05) is 54.5 Å². The Morgan fingerprint density at radius 3 is 2.14 bits per heavy atom. The average Bonchev–Trinajstić information content (AvgIpc) is 2.41. The smallest absolute Gasteiger partial charge is 0.236 e. The highest BCUT2D eigenvalue weighted by Crippen LogP contribution is 2.32. The van der Waals surface area contributed by atoms with Crippen LogP contribution in [0.3, 0.4) is 0 Å². The molecule has 0 saturated carbocycles. The molecule has 22 heavy (non-hydrogen) atoms. The lowest BCUT2D eigenvalue weighted by Crippen LogP contribution is -2.18. The van der Waals surface area contributed by atoms with Gasteiger partial charge in [-0.2, -0.15) is 0 Å². The van der Waals surface area contributed by atoms with Crippen LogP contribution in [0.4, 0.5) is 0 Å². The number of fused-ring (bicyclic) bond motifs is 1. The highest BCUT2D eigenvalue weighted by Gasteiger charge is 2.24. The average molecular weight is 300 g/mol. The number of aromatic nitrogens is 2. The summed E-state index contributed by atoms with van der Waals surface area (Å²) in [4.78, 5) is 9.60. The van der Waals surface area contributed by atoms with Gasteiger partial charge in [0.2, 0.25) is 5.88 Å². The van der Waals surface area contributed by atoms with E-state index in [4.69, 9.17) is 14.7 Å². The molecule has 0 amide bonds. The van der Waals surface area contributed by atoms with Crippen molar-refractivity contribution in [2.75, 3.05) is 6.61 Å². The normalized spacial score (nSPS) is 12.7. The van der Waals surface area contributed by atoms with Gasteiger partial charge >= 0.3 is 0 Å². The van der Waals surface area contributed by atoms with Gasteiger partial charge < -0.3 is 4.74 Å². The summed E-state index contributed by atoms with van der Waals surface area (Å²) in [6.45, 7) is 15.8. The van der Waals surface area contributed by atoms with E-state index in [-0.39, 0.29) is 10.8 Å². The molecular weight excluding hydrogens is 272 g/mol. The lowest BCUT2D eigenvalue weighted by atomic mass is 9.86. The molecule has 0 aliphatic heterocycles. The minimum Gasteiger partial charge on any atom is -0.476 e. The molecule has 2 aromatic rings. The first kappa shape index (κ1) is 16.7. The fourth-order valence-corrected chi connectivity index (χ4v) is 2.29. The second-order valence-electron chi connectivity index (χ2n) is 7.93. The van der Waals surface area contributed by atoms with Gasteiger partial charge in [0.05, 0.1) is 17.6 Å². The van der Waals surface area contributed by atoms with Crippen LogP contribution >= 0.6 is 0 Å². The van der Waals surface area contributed by atoms with Crippen LogP contribution in [0.25, 0.3) is 11.0 Å². The summed E-state index contributed by atoms with van der Waals surface area (Å²) in [5, 5.41) is 0. The van der Waals surface area contributed by atoms with Gasteiger partial charge in [0.15, 0.2) is 0 Å². The molecule has 0 N–H and O–H groups in total. The van der Waals surface area contributed by atoms with Gasteiger partial charge in [-0.05, 0) is 29.5 Å². The molecule has 1 aromatic heterocycles. The summed E-state index contributed by atoms with van der Waals surface area (Å²) in [6, 6.07) is 6.35. The molecule has 0 aliphatic carbocycles. The van der Waals surface area contributed by atoms with Crippen molar-refractivity contribution >= 4 is 11.0 Å². The second-order valence-corrected chi connectivity index (χ2v) is 7.93. The molecule has 1 aromatic carbocycles. The fourth-order valence-electron chi connectivity index (χ4n) is 2.29. The number of hydrogen-bond donors (Lipinski definition) is 0. The third-order valence-corrected chi connectivity index (χ3v) is 3.65. The van der Waals surface area contributed by atoms with Crippen LogP contribution < -0.4 is 4.74 Å². The van der Waals surface area contributed by atoms with Crippen molar-refractivity contribution < 1.29 is 4.74 Å². The first-order valence-corrected chi connectivity index (χ1v) is 8.08. The summed E-state index contributed by atoms with van der Waals surface area (Å²) in [7, 11) is 0. The monoisotopic (exact) mass is 300 g/mol. The molecule has 0 saturated heterocycles. The quantitative estimate of drug-likeness (QED) is 0.799. The molecule has 3 heteroatoms. The molecule has 2 rings (SSSR count). The zero-order valence-electron chi connectivity index (χ0n) is 14.9. The van der Waals surface area contributed by atoms with E-state index in [0.717, 1.165) is 23.1 Å². The van der Waals surface area contributed by atoms with E-state index in [1.54, 1.807) is 0 Å². The molecule has 0 radical (unpaired) electrons. The highest BCUT2D eigenvalue weighted by molar-refractivity contribution is 5.76. The minimum absolute atomic E-state index is 0.0903. The largest absolute Gasteiger partial charge is 0.476 e. The van der Waals surface area contributed by atoms with Gasteiger partial charge in [0, 0.05) is 5.41 Å². The fraction of sp³-hybridized carbons (Fsp3) is 0.579. The standard InChI is InChI=1S/C19H28N2O/c1-8-11-22-17-16(19(5,6)7)20-14-10-9-13(18(2,3)4)12-15(14)21-17/h9-10,12H,8,11H2,1-7H3. The summed E-state index contributed by atoms with van der Waals surface area (Å²) < 4.78 is 5.87. The maximum atomic E-state index is 5.87. The second kappa shape index (κ2) is 5.86. The van der Waals surface area contributed by atoms with Crippen molar-refractivity contribution in [3.8, 4) is 5.88 Å². The van der Waals surface area contributed by atoms with Crippen LogP contribution in [0.15, 0.2) is 18.2 Å². The first-order chi connectivity index (χ1) is 10.1. The van der Waals surface area contributed by atoms with E-state index in [2.05, 4.69) is 66.7 Å². The minimum atomic E-state index is -0.0903. The summed E-state index contributed by atoms with van der Waals surface area (Å²) in [5.41, 5.74) is 4.04. The molecule has 0 aliphatic rings. The number of ether oxygens (including phenoxy) is 1. The molecule has 3 nitrogen and oxygen atoms in total. The van der Waals surface area contributed by atoms with Crippen LogP contribution in [0.1, 0.15) is 66.1 Å². The Labute approximate surface area is 134 Å². The molecule has 1 heterocycles. The van der Waals surface area contributed by atoms with Crippen LogP contribution in [0.2, 0.25) is 0 Å². The Bertz CT molecular complexity index is 663. The Kier molecular flexibility index (Phi) is 4.46. The van der Waals surface area contributed by atoms with Crippen LogP contribution in [0, 0.1) is 0 Å². The Morgan fingerprint density at radius 2 is 1.59 bits per heavy atom. The number of hydrogen-bond acceptors (Lipinski definition) is 3. The number of nitrogens with zero attached hydrogens (tertiary/aromatic N) is 2. The van der Waals surface area contributed by atoms with E-state index < -0.39 is 0 Å². The maximum Gasteiger partial charge on any atom is 0.236 e. The van der Waals surface area contributed by atoms with Crippen LogP contribution in [0.5, 0.6) is 5.88 Å². The lowest BCUT2D eigenvalue weighted by molar-refractivity contribution is 0.294. The molecule has 120 valence electrons. The Hall–Kier alpha value is -1.64. The molecular formula is C19H28N2O. The van der Waals surface area contributed by atoms with Gasteiger partial charge in [0.1, 0.15) is 5.69 Å². The van der Waals surface area contributed by atoms with Crippen molar-refractivity contribution in [1.29, 1.82) is 0 Å². The third kappa shape index (κ3) is 3.57. The lowest BCUT2D eigenvalue weighted by Gasteiger charge is -2.22. The topological polar surface area (TPSA) is 35.0 Å². The molecule has 0 fully saturated rings. The number of benzene rings is 1. The summed E-state index contributed by atoms with van der Waals surface area (Å²) in [5.74, 6) is 0.674. The van der Waals surface area contributed by atoms with Crippen LogP contribution in [-0.2, 0) is 10.8 Å². The van der Waals surface area contributed by atoms with Crippen molar-refractivity contribution in [1.82, 2.24) is 9.97 Å². The highest BCUT2D eigenvalue weighted by atomic mass is 16.5. The third-order valence-electron chi connectivity index (χ3n) is 3.65. The van der Waals surface area contributed by atoms with Crippen molar-refractivity contribution in [2.45, 2.75) is 65.7 Å². The summed E-state index contributed by atoms with van der Waals surface area (Å²) in [6.07, 6.45) is 0.964. The van der Waals surface area contributed by atoms with Crippen LogP contribution in [-0.4, -0.2) is 16.6 Å². The zero-order valence-corrected chi connectivity index (χ0v) is 14.9. The van der Waals surface area contributed by atoms with E-state index in [9.17, 15) is 0 Å². The molecule has 0 unspecified atom stereocenters. The number of rotatable bonds is 3. The molecule has 0 bridgehead atoms. The predicted octanol–water partition coefficient (Wildman–Crippen LogP) is 5.01. The van der Waals surface area contributed by atoms with Crippen molar-refractivity contribution in [3.63, 3.8) is 0 Å². The first-order valence-electron chi connectivity index (χ1n) is 8.08. The van der Waals surface area contributed by atoms with E-state index in [1.807, 2.05) is 0 Å².